The number of hydrogen-bond acceptors (Lipinski definition) is 6. The van der Waals surface area contributed by atoms with Gasteiger partial charge in [-0.2, -0.15) is 0 Å². The summed E-state index contributed by atoms with van der Waals surface area (Å²) in [5, 5.41) is 9.97. The van der Waals surface area contributed by atoms with Gasteiger partial charge in [-0.25, -0.2) is 0 Å². The average molecular weight is 598 g/mol. The van der Waals surface area contributed by atoms with E-state index in [0.717, 1.165) is 44.9 Å². The summed E-state index contributed by atoms with van der Waals surface area (Å²) < 4.78 is 4.96. The van der Waals surface area contributed by atoms with Crippen molar-refractivity contribution in [3.05, 3.63) is 25.3 Å². The van der Waals surface area contributed by atoms with Gasteiger partial charge in [0.05, 0.1) is 35.8 Å². The molecular weight excluding hydrogens is 556 g/mol. The number of unbranched alkanes of at least 4 members (excludes halogenated alkanes) is 2. The molecule has 206 valence electrons. The summed E-state index contributed by atoms with van der Waals surface area (Å²) in [7, 11) is 0. The Balaban J connectivity index is 1.65. The van der Waals surface area contributed by atoms with E-state index in [1.165, 1.54) is 6.42 Å². The van der Waals surface area contributed by atoms with Crippen molar-refractivity contribution in [2.24, 2.45) is 11.8 Å². The number of alkyl halides is 1. The number of amides is 2. The predicted molar refractivity (Wildman–Crippen MR) is 149 cm³/mol. The molecule has 0 aromatic carbocycles. The van der Waals surface area contributed by atoms with E-state index >= 15 is 0 Å². The molecule has 1 saturated carbocycles. The smallest absolute Gasteiger partial charge is 0.310 e. The maximum atomic E-state index is 14.4. The van der Waals surface area contributed by atoms with E-state index in [-0.39, 0.29) is 40.5 Å². The van der Waals surface area contributed by atoms with E-state index in [2.05, 4.69) is 29.1 Å². The number of carbonyl (C=O) groups is 3. The number of ether oxygens (including phenoxy) is 1. The van der Waals surface area contributed by atoms with Crippen LogP contribution in [-0.4, -0.2) is 85.4 Å². The van der Waals surface area contributed by atoms with Crippen molar-refractivity contribution in [1.82, 2.24) is 9.80 Å². The number of nitrogens with zero attached hydrogens (tertiary/aromatic N) is 2. The molecule has 0 aromatic rings. The Morgan fingerprint density at radius 3 is 2.65 bits per heavy atom. The molecule has 0 aromatic heterocycles. The van der Waals surface area contributed by atoms with Crippen LogP contribution >= 0.6 is 27.7 Å². The Morgan fingerprint density at radius 2 is 2.00 bits per heavy atom. The molecule has 7 nitrogen and oxygen atoms in total. The third-order valence-corrected chi connectivity index (χ3v) is 11.9. The van der Waals surface area contributed by atoms with Gasteiger partial charge in [-0.05, 0) is 45.4 Å². The summed E-state index contributed by atoms with van der Waals surface area (Å²) in [6.45, 7) is 9.91. The Morgan fingerprint density at radius 1 is 1.27 bits per heavy atom. The van der Waals surface area contributed by atoms with Gasteiger partial charge in [-0.1, -0.05) is 47.3 Å². The summed E-state index contributed by atoms with van der Waals surface area (Å²) in [4.78, 5) is 45.4. The van der Waals surface area contributed by atoms with Crippen molar-refractivity contribution >= 4 is 45.5 Å². The van der Waals surface area contributed by atoms with Gasteiger partial charge in [0.2, 0.25) is 11.8 Å². The number of likely N-dealkylation sites (tertiary alicyclic amines) is 1. The molecule has 7 atom stereocenters. The van der Waals surface area contributed by atoms with Gasteiger partial charge in [-0.3, -0.25) is 14.4 Å². The summed E-state index contributed by atoms with van der Waals surface area (Å²) in [5.74, 6) is -1.86. The van der Waals surface area contributed by atoms with Crippen LogP contribution in [0.1, 0.15) is 64.7 Å². The molecule has 4 rings (SSSR count). The molecule has 3 unspecified atom stereocenters. The van der Waals surface area contributed by atoms with E-state index < -0.39 is 28.7 Å². The monoisotopic (exact) mass is 596 g/mol. The fourth-order valence-electron chi connectivity index (χ4n) is 6.95. The molecular formula is C28H41BrN2O5S. The van der Waals surface area contributed by atoms with Gasteiger partial charge in [0, 0.05) is 22.7 Å². The molecule has 4 aliphatic rings. The SMILES string of the molecule is C=CCCCCOC(=O)[C@H]1[C@H]2C(=O)N([C@H](C)CO)C(C(=O)N(CC=C)C3CCCCC3)C23CC(Br)[C@@H]1S3. The van der Waals surface area contributed by atoms with Crippen LogP contribution in [0.25, 0.3) is 0 Å². The lowest BCUT2D eigenvalue weighted by atomic mass is 9.71. The van der Waals surface area contributed by atoms with Crippen molar-refractivity contribution in [3.8, 4) is 0 Å². The van der Waals surface area contributed by atoms with Crippen molar-refractivity contribution < 1.29 is 24.2 Å². The Labute approximate surface area is 233 Å². The normalized spacial score (nSPS) is 33.8. The lowest BCUT2D eigenvalue weighted by Crippen LogP contribution is -2.59. The van der Waals surface area contributed by atoms with Gasteiger partial charge in [-0.15, -0.1) is 24.9 Å². The third kappa shape index (κ3) is 5.17. The van der Waals surface area contributed by atoms with E-state index in [4.69, 9.17) is 4.74 Å². The maximum Gasteiger partial charge on any atom is 0.310 e. The molecule has 1 aliphatic carbocycles. The first-order chi connectivity index (χ1) is 17.8. The molecule has 0 radical (unpaired) electrons. The second-order valence-electron chi connectivity index (χ2n) is 11.0. The van der Waals surface area contributed by atoms with Crippen LogP contribution in [0.15, 0.2) is 25.3 Å². The highest BCUT2D eigenvalue weighted by Gasteiger charge is 2.76. The fraction of sp³-hybridized carbons (Fsp3) is 0.750. The van der Waals surface area contributed by atoms with Crippen LogP contribution in [-0.2, 0) is 19.1 Å². The number of aliphatic hydroxyl groups excluding tert-OH is 1. The molecule has 3 saturated heterocycles. The quantitative estimate of drug-likeness (QED) is 0.158. The second kappa shape index (κ2) is 12.2. The Hall–Kier alpha value is -1.32. The number of esters is 1. The number of thioether (sulfide) groups is 1. The first kappa shape index (κ1) is 28.7. The summed E-state index contributed by atoms with van der Waals surface area (Å²) >= 11 is 5.41. The van der Waals surface area contributed by atoms with Crippen LogP contribution in [0.4, 0.5) is 0 Å². The van der Waals surface area contributed by atoms with Gasteiger partial charge in [0.25, 0.3) is 0 Å². The summed E-state index contributed by atoms with van der Waals surface area (Å²) in [6.07, 6.45) is 12.0. The highest BCUT2D eigenvalue weighted by atomic mass is 79.9. The molecule has 1 N–H and O–H groups in total. The molecule has 9 heteroatoms. The van der Waals surface area contributed by atoms with E-state index in [1.807, 2.05) is 11.0 Å². The molecule has 2 amide bonds. The first-order valence-electron chi connectivity index (χ1n) is 13.8. The zero-order valence-corrected chi connectivity index (χ0v) is 24.3. The zero-order chi connectivity index (χ0) is 26.7. The van der Waals surface area contributed by atoms with Crippen LogP contribution in [0.5, 0.6) is 0 Å². The highest BCUT2D eigenvalue weighted by Crippen LogP contribution is 2.68. The second-order valence-corrected chi connectivity index (χ2v) is 13.7. The lowest BCUT2D eigenvalue weighted by Gasteiger charge is -2.42. The molecule has 37 heavy (non-hydrogen) atoms. The zero-order valence-electron chi connectivity index (χ0n) is 21.9. The van der Waals surface area contributed by atoms with Crippen LogP contribution < -0.4 is 0 Å². The van der Waals surface area contributed by atoms with E-state index in [1.54, 1.807) is 29.7 Å². The molecule has 4 fully saturated rings. The fourth-order valence-corrected chi connectivity index (χ4v) is 10.5. The minimum atomic E-state index is -0.727. The number of aliphatic hydroxyl groups is 1. The molecule has 1 spiro atoms. The van der Waals surface area contributed by atoms with Crippen molar-refractivity contribution in [2.75, 3.05) is 19.8 Å². The number of carbonyl (C=O) groups excluding carboxylic acids is 3. The molecule has 3 aliphatic heterocycles. The van der Waals surface area contributed by atoms with Crippen molar-refractivity contribution in [1.29, 1.82) is 0 Å². The predicted octanol–water partition coefficient (Wildman–Crippen LogP) is 4.08. The topological polar surface area (TPSA) is 87.1 Å². The van der Waals surface area contributed by atoms with Gasteiger partial charge >= 0.3 is 5.97 Å². The van der Waals surface area contributed by atoms with Crippen molar-refractivity contribution in [2.45, 2.75) is 97.7 Å². The number of fused-ring (bicyclic) bond motifs is 1. The largest absolute Gasteiger partial charge is 0.465 e. The minimum Gasteiger partial charge on any atom is -0.465 e. The summed E-state index contributed by atoms with van der Waals surface area (Å²) in [5.41, 5.74) is 0. The Bertz CT molecular complexity index is 896. The number of rotatable bonds is 12. The third-order valence-electron chi connectivity index (χ3n) is 8.64. The number of halogens is 1. The average Bonchev–Trinajstić information content (AvgIpc) is 3.50. The first-order valence-corrected chi connectivity index (χ1v) is 15.6. The maximum absolute atomic E-state index is 14.4. The van der Waals surface area contributed by atoms with Crippen molar-refractivity contribution in [3.63, 3.8) is 0 Å². The lowest BCUT2D eigenvalue weighted by molar-refractivity contribution is -0.154. The summed E-state index contributed by atoms with van der Waals surface area (Å²) in [6, 6.07) is -1.13. The van der Waals surface area contributed by atoms with Crippen LogP contribution in [0, 0.1) is 11.8 Å². The number of allylic oxidation sites excluding steroid dienone is 1. The van der Waals surface area contributed by atoms with E-state index in [0.29, 0.717) is 19.6 Å². The van der Waals surface area contributed by atoms with Crippen LogP contribution in [0.3, 0.4) is 0 Å². The standard InChI is InChI=1S/C28H41BrN2O5S/c1-4-6-7-11-15-36-27(35)21-22-25(33)31(18(3)17-32)24(28(22)16-20(29)23(21)37-28)26(34)30(14-5-2)19-12-9-8-10-13-19/h4-5,18-24,32H,1-2,6-17H2,3H3/t18-,20?,21+,22+,23+,24?,28?/m1/s1. The van der Waals surface area contributed by atoms with Crippen LogP contribution in [0.2, 0.25) is 0 Å². The van der Waals surface area contributed by atoms with Gasteiger partial charge in [0.1, 0.15) is 6.04 Å². The molecule has 2 bridgehead atoms. The van der Waals surface area contributed by atoms with Gasteiger partial charge in [0.15, 0.2) is 0 Å². The van der Waals surface area contributed by atoms with Gasteiger partial charge < -0.3 is 19.6 Å². The Kier molecular flexibility index (Phi) is 9.49. The number of hydrogen-bond donors (Lipinski definition) is 1. The highest BCUT2D eigenvalue weighted by molar-refractivity contribution is 9.09. The van der Waals surface area contributed by atoms with E-state index in [9.17, 15) is 19.5 Å². The minimum absolute atomic E-state index is 0.00193. The molecule has 3 heterocycles.